The average molecular weight is 402 g/mol. The van der Waals surface area contributed by atoms with Crippen molar-refractivity contribution in [3.63, 3.8) is 0 Å². The second kappa shape index (κ2) is 7.08. The molecule has 2 heterocycles. The molecule has 4 nitrogen and oxygen atoms in total. The van der Waals surface area contributed by atoms with Gasteiger partial charge in [-0.25, -0.2) is 0 Å². The lowest BCUT2D eigenvalue weighted by molar-refractivity contribution is 0.0723. The van der Waals surface area contributed by atoms with E-state index in [2.05, 4.69) is 79.8 Å². The van der Waals surface area contributed by atoms with E-state index in [-0.39, 0.29) is 6.10 Å². The number of benzene rings is 2. The van der Waals surface area contributed by atoms with Crippen molar-refractivity contribution in [1.29, 1.82) is 0 Å². The van der Waals surface area contributed by atoms with Gasteiger partial charge < -0.3 is 14.6 Å². The van der Waals surface area contributed by atoms with Crippen LogP contribution in [-0.2, 0) is 6.54 Å². The zero-order chi connectivity index (χ0) is 17.4. The van der Waals surface area contributed by atoms with Gasteiger partial charge in [0.25, 0.3) is 0 Å². The number of aliphatic hydroxyl groups excluding tert-OH is 1. The van der Waals surface area contributed by atoms with Gasteiger partial charge in [-0.05, 0) is 31.3 Å². The van der Waals surface area contributed by atoms with Crippen molar-refractivity contribution in [1.82, 2.24) is 14.4 Å². The number of rotatable bonds is 4. The Hall–Kier alpha value is -1.40. The second-order valence-corrected chi connectivity index (χ2v) is 7.96. The van der Waals surface area contributed by atoms with Gasteiger partial charge in [-0.3, -0.25) is 4.90 Å². The molecular weight excluding hydrogens is 378 g/mol. The molecule has 1 aromatic heterocycles. The van der Waals surface area contributed by atoms with Crippen LogP contribution in [-0.4, -0.2) is 65.3 Å². The molecule has 0 amide bonds. The van der Waals surface area contributed by atoms with E-state index in [0.717, 1.165) is 37.2 Å². The molecule has 1 fully saturated rings. The molecule has 0 saturated carbocycles. The molecule has 2 aromatic carbocycles. The number of nitrogens with zero attached hydrogens (tertiary/aromatic N) is 3. The quantitative estimate of drug-likeness (QED) is 0.728. The first kappa shape index (κ1) is 17.0. The van der Waals surface area contributed by atoms with Gasteiger partial charge in [0.05, 0.1) is 12.6 Å². The Balaban J connectivity index is 1.61. The fraction of sp³-hybridized carbons (Fsp3) is 0.400. The third-order valence-corrected chi connectivity index (χ3v) is 5.69. The Kier molecular flexibility index (Phi) is 4.82. The van der Waals surface area contributed by atoms with Crippen molar-refractivity contribution < 1.29 is 5.11 Å². The van der Waals surface area contributed by atoms with Gasteiger partial charge in [-0.1, -0.05) is 34.1 Å². The van der Waals surface area contributed by atoms with Crippen molar-refractivity contribution >= 4 is 37.7 Å². The Labute approximate surface area is 156 Å². The summed E-state index contributed by atoms with van der Waals surface area (Å²) in [6.45, 7) is 5.59. The number of para-hydroxylation sites is 1. The number of hydrogen-bond donors (Lipinski definition) is 1. The van der Waals surface area contributed by atoms with Crippen molar-refractivity contribution in [3.05, 3.63) is 46.9 Å². The monoisotopic (exact) mass is 401 g/mol. The standard InChI is InChI=1S/C20H24BrN3O/c1-22-8-10-23(11-9-22)13-16(25)14-24-19-5-3-2-4-17(19)18-12-15(21)6-7-20(18)24/h2-7,12,16,25H,8-11,13-14H2,1H3/t16-/m1/s1. The van der Waals surface area contributed by atoms with Crippen LogP contribution in [0.4, 0.5) is 0 Å². The molecule has 1 N–H and O–H groups in total. The summed E-state index contributed by atoms with van der Waals surface area (Å²) in [6.07, 6.45) is -0.369. The van der Waals surface area contributed by atoms with E-state index in [1.807, 2.05) is 0 Å². The summed E-state index contributed by atoms with van der Waals surface area (Å²) in [4.78, 5) is 4.71. The molecule has 1 atom stereocenters. The van der Waals surface area contributed by atoms with Crippen LogP contribution in [0.2, 0.25) is 0 Å². The van der Waals surface area contributed by atoms with E-state index in [1.165, 1.54) is 21.8 Å². The third-order valence-electron chi connectivity index (χ3n) is 5.19. The smallest absolute Gasteiger partial charge is 0.0845 e. The first-order chi connectivity index (χ1) is 12.1. The molecule has 1 saturated heterocycles. The normalized spacial score (nSPS) is 18.2. The maximum atomic E-state index is 10.7. The van der Waals surface area contributed by atoms with Crippen LogP contribution in [0.25, 0.3) is 21.8 Å². The molecule has 0 spiro atoms. The van der Waals surface area contributed by atoms with Crippen LogP contribution in [0.5, 0.6) is 0 Å². The third kappa shape index (κ3) is 3.47. The predicted octanol–water partition coefficient (Wildman–Crippen LogP) is 3.17. The Morgan fingerprint density at radius 1 is 0.960 bits per heavy atom. The maximum Gasteiger partial charge on any atom is 0.0845 e. The first-order valence-corrected chi connectivity index (χ1v) is 9.66. The average Bonchev–Trinajstić information content (AvgIpc) is 2.91. The van der Waals surface area contributed by atoms with E-state index in [9.17, 15) is 5.11 Å². The maximum absolute atomic E-state index is 10.7. The summed E-state index contributed by atoms with van der Waals surface area (Å²) in [5.41, 5.74) is 2.37. The minimum Gasteiger partial charge on any atom is -0.390 e. The molecule has 5 heteroatoms. The highest BCUT2D eigenvalue weighted by Crippen LogP contribution is 2.31. The number of fused-ring (bicyclic) bond motifs is 3. The summed E-state index contributed by atoms with van der Waals surface area (Å²) >= 11 is 3.58. The fourth-order valence-electron chi connectivity index (χ4n) is 3.82. The molecule has 132 valence electrons. The molecule has 1 aliphatic rings. The largest absolute Gasteiger partial charge is 0.390 e. The van der Waals surface area contributed by atoms with Crippen LogP contribution in [0, 0.1) is 0 Å². The molecular formula is C20H24BrN3O. The summed E-state index contributed by atoms with van der Waals surface area (Å²) in [5.74, 6) is 0. The minimum atomic E-state index is -0.369. The molecule has 0 aliphatic carbocycles. The van der Waals surface area contributed by atoms with Gasteiger partial charge in [-0.2, -0.15) is 0 Å². The highest BCUT2D eigenvalue weighted by Gasteiger charge is 2.19. The molecule has 0 bridgehead atoms. The highest BCUT2D eigenvalue weighted by molar-refractivity contribution is 9.10. The number of β-amino-alcohol motifs (C(OH)–C–C–N with tert-alkyl or cyclic N) is 1. The second-order valence-electron chi connectivity index (χ2n) is 7.05. The Bertz CT molecular complexity index is 883. The van der Waals surface area contributed by atoms with Crippen molar-refractivity contribution in [3.8, 4) is 0 Å². The number of piperazine rings is 1. The highest BCUT2D eigenvalue weighted by atomic mass is 79.9. The van der Waals surface area contributed by atoms with Crippen LogP contribution >= 0.6 is 15.9 Å². The Morgan fingerprint density at radius 2 is 1.68 bits per heavy atom. The van der Waals surface area contributed by atoms with Crippen LogP contribution in [0.3, 0.4) is 0 Å². The first-order valence-electron chi connectivity index (χ1n) is 8.87. The number of aromatic nitrogens is 1. The zero-order valence-electron chi connectivity index (χ0n) is 14.5. The Morgan fingerprint density at radius 3 is 2.48 bits per heavy atom. The van der Waals surface area contributed by atoms with E-state index in [4.69, 9.17) is 0 Å². The van der Waals surface area contributed by atoms with Gasteiger partial charge >= 0.3 is 0 Å². The molecule has 0 radical (unpaired) electrons. The number of likely N-dealkylation sites (N-methyl/N-ethyl adjacent to an activating group) is 1. The zero-order valence-corrected chi connectivity index (χ0v) is 16.1. The minimum absolute atomic E-state index is 0.369. The summed E-state index contributed by atoms with van der Waals surface area (Å²) < 4.78 is 3.35. The lowest BCUT2D eigenvalue weighted by Crippen LogP contribution is -2.47. The van der Waals surface area contributed by atoms with Crippen LogP contribution in [0.15, 0.2) is 46.9 Å². The van der Waals surface area contributed by atoms with Gasteiger partial charge in [0, 0.05) is 59.0 Å². The molecule has 3 aromatic rings. The van der Waals surface area contributed by atoms with E-state index in [0.29, 0.717) is 6.54 Å². The van der Waals surface area contributed by atoms with Gasteiger partial charge in [0.2, 0.25) is 0 Å². The van der Waals surface area contributed by atoms with Crippen molar-refractivity contribution in [2.75, 3.05) is 39.8 Å². The number of hydrogen-bond acceptors (Lipinski definition) is 3. The van der Waals surface area contributed by atoms with Crippen LogP contribution < -0.4 is 0 Å². The molecule has 0 unspecified atom stereocenters. The number of aliphatic hydroxyl groups is 1. The summed E-state index contributed by atoms with van der Waals surface area (Å²) in [7, 11) is 2.16. The van der Waals surface area contributed by atoms with Crippen molar-refractivity contribution in [2.24, 2.45) is 0 Å². The van der Waals surface area contributed by atoms with Crippen molar-refractivity contribution in [2.45, 2.75) is 12.6 Å². The van der Waals surface area contributed by atoms with E-state index in [1.54, 1.807) is 0 Å². The van der Waals surface area contributed by atoms with Gasteiger partial charge in [0.1, 0.15) is 0 Å². The fourth-order valence-corrected chi connectivity index (χ4v) is 4.18. The van der Waals surface area contributed by atoms with Gasteiger partial charge in [0.15, 0.2) is 0 Å². The lowest BCUT2D eigenvalue weighted by Gasteiger charge is -2.33. The summed E-state index contributed by atoms with van der Waals surface area (Å²) in [5, 5.41) is 13.2. The SMILES string of the molecule is CN1CCN(C[C@@H](O)Cn2c3ccccc3c3cc(Br)ccc32)CC1. The van der Waals surface area contributed by atoms with Crippen LogP contribution in [0.1, 0.15) is 0 Å². The van der Waals surface area contributed by atoms with E-state index < -0.39 is 0 Å². The lowest BCUT2D eigenvalue weighted by atomic mass is 10.2. The molecule has 1 aliphatic heterocycles. The predicted molar refractivity (Wildman–Crippen MR) is 107 cm³/mol. The topological polar surface area (TPSA) is 31.6 Å². The number of halogens is 1. The molecule has 4 rings (SSSR count). The van der Waals surface area contributed by atoms with E-state index >= 15 is 0 Å². The summed E-state index contributed by atoms with van der Waals surface area (Å²) in [6, 6.07) is 14.8. The molecule has 25 heavy (non-hydrogen) atoms. The van der Waals surface area contributed by atoms with Gasteiger partial charge in [-0.15, -0.1) is 0 Å².